The van der Waals surface area contributed by atoms with E-state index in [0.717, 1.165) is 31.6 Å². The van der Waals surface area contributed by atoms with E-state index in [1.54, 1.807) is 21.3 Å². The van der Waals surface area contributed by atoms with Gasteiger partial charge in [0, 0.05) is 31.5 Å². The van der Waals surface area contributed by atoms with Gasteiger partial charge in [-0.15, -0.1) is 0 Å². The zero-order valence-electron chi connectivity index (χ0n) is 18.2. The van der Waals surface area contributed by atoms with Gasteiger partial charge in [0.15, 0.2) is 11.5 Å². The molecule has 0 radical (unpaired) electrons. The second-order valence-electron chi connectivity index (χ2n) is 7.80. The Bertz CT molecular complexity index is 969. The lowest BCUT2D eigenvalue weighted by molar-refractivity contribution is 0.219. The first-order valence-corrected chi connectivity index (χ1v) is 10.4. The third-order valence-corrected chi connectivity index (χ3v) is 5.86. The number of benzene rings is 2. The van der Waals surface area contributed by atoms with Gasteiger partial charge in [-0.25, -0.2) is 0 Å². The van der Waals surface area contributed by atoms with Crippen LogP contribution in [0.5, 0.6) is 17.2 Å². The Balaban J connectivity index is 1.81. The highest BCUT2D eigenvalue weighted by Crippen LogP contribution is 2.43. The number of rotatable bonds is 6. The van der Waals surface area contributed by atoms with Gasteiger partial charge in [-0.3, -0.25) is 4.90 Å². The van der Waals surface area contributed by atoms with Crippen molar-refractivity contribution in [2.75, 3.05) is 27.9 Å². The summed E-state index contributed by atoms with van der Waals surface area (Å²) in [5, 5.41) is 0. The van der Waals surface area contributed by atoms with Gasteiger partial charge >= 0.3 is 0 Å². The van der Waals surface area contributed by atoms with Gasteiger partial charge in [0.2, 0.25) is 5.75 Å². The molecule has 5 heteroatoms. The van der Waals surface area contributed by atoms with Crippen LogP contribution in [0.25, 0.3) is 0 Å². The van der Waals surface area contributed by atoms with Crippen LogP contribution in [-0.2, 0) is 13.1 Å². The van der Waals surface area contributed by atoms with Crippen molar-refractivity contribution in [3.63, 3.8) is 0 Å². The van der Waals surface area contributed by atoms with E-state index < -0.39 is 0 Å². The number of methoxy groups -OCH3 is 3. The topological polar surface area (TPSA) is 35.9 Å². The molecular weight excluding hydrogens is 376 g/mol. The smallest absolute Gasteiger partial charge is 0.203 e. The van der Waals surface area contributed by atoms with Crippen LogP contribution in [0.1, 0.15) is 34.8 Å². The summed E-state index contributed by atoms with van der Waals surface area (Å²) >= 11 is 0. The van der Waals surface area contributed by atoms with Crippen molar-refractivity contribution in [3.05, 3.63) is 77.1 Å². The summed E-state index contributed by atoms with van der Waals surface area (Å²) in [5.41, 5.74) is 5.02. The average Bonchev–Trinajstić information content (AvgIpc) is 3.15. The van der Waals surface area contributed by atoms with E-state index in [-0.39, 0.29) is 6.04 Å². The second-order valence-corrected chi connectivity index (χ2v) is 7.80. The predicted molar refractivity (Wildman–Crippen MR) is 119 cm³/mol. The molecule has 1 aromatic heterocycles. The Labute approximate surface area is 178 Å². The van der Waals surface area contributed by atoms with E-state index in [0.29, 0.717) is 17.2 Å². The molecule has 0 saturated carbocycles. The summed E-state index contributed by atoms with van der Waals surface area (Å²) in [6, 6.07) is 17.4. The number of hydrogen-bond acceptors (Lipinski definition) is 4. The van der Waals surface area contributed by atoms with Gasteiger partial charge in [0.05, 0.1) is 27.4 Å². The lowest BCUT2D eigenvalue weighted by atomic mass is 9.99. The molecule has 158 valence electrons. The summed E-state index contributed by atoms with van der Waals surface area (Å²) < 4.78 is 19.2. The van der Waals surface area contributed by atoms with Crippen molar-refractivity contribution in [3.8, 4) is 17.2 Å². The number of aromatic nitrogens is 1. The Hall–Kier alpha value is -2.92. The maximum absolute atomic E-state index is 5.65. The average molecular weight is 407 g/mol. The minimum atomic E-state index is 0.0949. The fourth-order valence-corrected chi connectivity index (χ4v) is 4.38. The summed E-state index contributed by atoms with van der Waals surface area (Å²) in [7, 11) is 4.97. The number of nitrogens with zero attached hydrogens (tertiary/aromatic N) is 2. The Morgan fingerprint density at radius 1 is 0.900 bits per heavy atom. The van der Waals surface area contributed by atoms with Crippen molar-refractivity contribution in [2.45, 2.75) is 32.5 Å². The van der Waals surface area contributed by atoms with Crippen molar-refractivity contribution in [1.82, 2.24) is 9.47 Å². The van der Waals surface area contributed by atoms with E-state index in [2.05, 4.69) is 71.1 Å². The predicted octanol–water partition coefficient (Wildman–Crippen LogP) is 4.82. The van der Waals surface area contributed by atoms with E-state index in [4.69, 9.17) is 14.2 Å². The van der Waals surface area contributed by atoms with Crippen LogP contribution >= 0.6 is 0 Å². The van der Waals surface area contributed by atoms with Gasteiger partial charge in [-0.2, -0.15) is 0 Å². The molecule has 4 rings (SSSR count). The molecule has 2 aromatic carbocycles. The highest BCUT2D eigenvalue weighted by Gasteiger charge is 2.29. The Morgan fingerprint density at radius 3 is 2.23 bits per heavy atom. The standard InChI is InChI=1S/C25H30N2O3/c1-18-8-10-19(11-9-18)17-27-14-6-13-26-12-5-7-21(26)24(27)20-15-22(28-2)25(30-4)23(16-20)29-3/h5,7-12,15-16,24H,6,13-14,17H2,1-4H3. The summed E-state index contributed by atoms with van der Waals surface area (Å²) in [4.78, 5) is 2.55. The molecule has 1 atom stereocenters. The van der Waals surface area contributed by atoms with Crippen molar-refractivity contribution >= 4 is 0 Å². The first-order valence-electron chi connectivity index (χ1n) is 10.4. The molecule has 0 N–H and O–H groups in total. The lowest BCUT2D eigenvalue weighted by Gasteiger charge is -2.31. The van der Waals surface area contributed by atoms with Crippen LogP contribution in [0, 0.1) is 6.92 Å². The number of ether oxygens (including phenoxy) is 3. The molecule has 5 nitrogen and oxygen atoms in total. The largest absolute Gasteiger partial charge is 0.493 e. The highest BCUT2D eigenvalue weighted by molar-refractivity contribution is 5.55. The quantitative estimate of drug-likeness (QED) is 0.588. The minimum absolute atomic E-state index is 0.0949. The fraction of sp³-hybridized carbons (Fsp3) is 0.360. The first kappa shape index (κ1) is 20.4. The van der Waals surface area contributed by atoms with Gasteiger partial charge in [0.1, 0.15) is 0 Å². The summed E-state index contributed by atoms with van der Waals surface area (Å²) in [5.74, 6) is 1.99. The van der Waals surface area contributed by atoms with Crippen LogP contribution in [-0.4, -0.2) is 37.3 Å². The Morgan fingerprint density at radius 2 is 1.60 bits per heavy atom. The van der Waals surface area contributed by atoms with E-state index in [1.807, 2.05) is 0 Å². The minimum Gasteiger partial charge on any atom is -0.493 e. The zero-order chi connectivity index (χ0) is 21.1. The first-order chi connectivity index (χ1) is 14.6. The monoisotopic (exact) mass is 406 g/mol. The van der Waals surface area contributed by atoms with Crippen LogP contribution in [0.2, 0.25) is 0 Å². The highest BCUT2D eigenvalue weighted by atomic mass is 16.5. The van der Waals surface area contributed by atoms with Crippen molar-refractivity contribution in [2.24, 2.45) is 0 Å². The molecule has 0 amide bonds. The molecule has 1 unspecified atom stereocenters. The molecule has 0 fully saturated rings. The summed E-state index contributed by atoms with van der Waals surface area (Å²) in [6.07, 6.45) is 3.28. The second kappa shape index (κ2) is 8.84. The molecular formula is C25H30N2O3. The molecule has 3 aromatic rings. The number of hydrogen-bond donors (Lipinski definition) is 0. The maximum atomic E-state index is 5.65. The zero-order valence-corrected chi connectivity index (χ0v) is 18.2. The van der Waals surface area contributed by atoms with Gasteiger partial charge in [-0.05, 0) is 48.7 Å². The third kappa shape index (κ3) is 3.90. The van der Waals surface area contributed by atoms with Crippen LogP contribution < -0.4 is 14.2 Å². The molecule has 30 heavy (non-hydrogen) atoms. The SMILES string of the molecule is COc1cc(C2c3cccn3CCCN2Cc2ccc(C)cc2)cc(OC)c1OC. The maximum Gasteiger partial charge on any atom is 0.203 e. The fourth-order valence-electron chi connectivity index (χ4n) is 4.38. The summed E-state index contributed by atoms with van der Waals surface area (Å²) in [6.45, 7) is 5.04. The van der Waals surface area contributed by atoms with Gasteiger partial charge in [0.25, 0.3) is 0 Å². The molecule has 0 saturated heterocycles. The number of aryl methyl sites for hydroxylation is 2. The molecule has 1 aliphatic heterocycles. The van der Waals surface area contributed by atoms with Crippen molar-refractivity contribution in [1.29, 1.82) is 0 Å². The molecule has 2 heterocycles. The van der Waals surface area contributed by atoms with E-state index in [1.165, 1.54) is 16.8 Å². The Kier molecular flexibility index (Phi) is 6.00. The van der Waals surface area contributed by atoms with Gasteiger partial charge in [-0.1, -0.05) is 29.8 Å². The lowest BCUT2D eigenvalue weighted by Crippen LogP contribution is -2.29. The normalized spacial score (nSPS) is 16.6. The van der Waals surface area contributed by atoms with Gasteiger partial charge < -0.3 is 18.8 Å². The molecule has 0 spiro atoms. The van der Waals surface area contributed by atoms with E-state index >= 15 is 0 Å². The van der Waals surface area contributed by atoms with E-state index in [9.17, 15) is 0 Å². The molecule has 1 aliphatic rings. The van der Waals surface area contributed by atoms with Crippen LogP contribution in [0.15, 0.2) is 54.7 Å². The van der Waals surface area contributed by atoms with Crippen LogP contribution in [0.3, 0.4) is 0 Å². The van der Waals surface area contributed by atoms with Crippen molar-refractivity contribution < 1.29 is 14.2 Å². The third-order valence-electron chi connectivity index (χ3n) is 5.86. The van der Waals surface area contributed by atoms with Crippen LogP contribution in [0.4, 0.5) is 0 Å². The molecule has 0 bridgehead atoms. The molecule has 0 aliphatic carbocycles. The number of fused-ring (bicyclic) bond motifs is 1.